The zero-order valence-electron chi connectivity index (χ0n) is 15.8. The maximum absolute atomic E-state index is 12.6. The first-order valence-corrected chi connectivity index (χ1v) is 9.79. The Morgan fingerprint density at radius 3 is 2.44 bits per heavy atom. The number of carbonyl (C=O) groups is 1. The highest BCUT2D eigenvalue weighted by Crippen LogP contribution is 2.30. The summed E-state index contributed by atoms with van der Waals surface area (Å²) in [6, 6.07) is 23.0. The van der Waals surface area contributed by atoms with E-state index in [9.17, 15) is 4.79 Å². The SMILES string of the molecule is Cc1ccc(C(=O)NC[C@@H](c2cccc3ccccc23)N2CCCC2)cc1. The molecule has 1 heterocycles. The van der Waals surface area contributed by atoms with Crippen LogP contribution < -0.4 is 5.32 Å². The quantitative estimate of drug-likeness (QED) is 0.716. The predicted molar refractivity (Wildman–Crippen MR) is 111 cm³/mol. The van der Waals surface area contributed by atoms with Gasteiger partial charge >= 0.3 is 0 Å². The second kappa shape index (κ2) is 7.93. The lowest BCUT2D eigenvalue weighted by Crippen LogP contribution is -2.36. The van der Waals surface area contributed by atoms with Gasteiger partial charge < -0.3 is 5.32 Å². The largest absolute Gasteiger partial charge is 0.350 e. The predicted octanol–water partition coefficient (Wildman–Crippen LogP) is 4.72. The zero-order chi connectivity index (χ0) is 18.6. The van der Waals surface area contributed by atoms with E-state index in [4.69, 9.17) is 0 Å². The van der Waals surface area contributed by atoms with Gasteiger partial charge in [0.2, 0.25) is 0 Å². The number of rotatable bonds is 5. The van der Waals surface area contributed by atoms with Gasteiger partial charge in [0.15, 0.2) is 0 Å². The third-order valence-electron chi connectivity index (χ3n) is 5.53. The van der Waals surface area contributed by atoms with Crippen LogP contribution in [0, 0.1) is 6.92 Å². The van der Waals surface area contributed by atoms with Crippen molar-refractivity contribution in [2.75, 3.05) is 19.6 Å². The smallest absolute Gasteiger partial charge is 0.251 e. The van der Waals surface area contributed by atoms with Crippen LogP contribution in [0.5, 0.6) is 0 Å². The number of aryl methyl sites for hydroxylation is 1. The summed E-state index contributed by atoms with van der Waals surface area (Å²) in [6.45, 7) is 4.84. The molecule has 0 bridgehead atoms. The molecule has 0 aromatic heterocycles. The molecule has 27 heavy (non-hydrogen) atoms. The number of hydrogen-bond acceptors (Lipinski definition) is 2. The van der Waals surface area contributed by atoms with Crippen molar-refractivity contribution in [1.29, 1.82) is 0 Å². The third-order valence-corrected chi connectivity index (χ3v) is 5.53. The molecule has 0 unspecified atom stereocenters. The van der Waals surface area contributed by atoms with Crippen LogP contribution in [0.25, 0.3) is 10.8 Å². The number of hydrogen-bond donors (Lipinski definition) is 1. The normalized spacial score (nSPS) is 15.7. The van der Waals surface area contributed by atoms with Gasteiger partial charge in [0, 0.05) is 12.1 Å². The lowest BCUT2D eigenvalue weighted by atomic mass is 9.97. The summed E-state index contributed by atoms with van der Waals surface area (Å²) in [4.78, 5) is 15.2. The molecule has 1 N–H and O–H groups in total. The van der Waals surface area contributed by atoms with Crippen LogP contribution in [0.4, 0.5) is 0 Å². The molecule has 0 saturated carbocycles. The zero-order valence-corrected chi connectivity index (χ0v) is 15.8. The summed E-state index contributed by atoms with van der Waals surface area (Å²) in [5.74, 6) is -0.000524. The minimum absolute atomic E-state index is 0.000524. The fraction of sp³-hybridized carbons (Fsp3) is 0.292. The van der Waals surface area contributed by atoms with Crippen molar-refractivity contribution >= 4 is 16.7 Å². The Morgan fingerprint density at radius 1 is 0.963 bits per heavy atom. The van der Waals surface area contributed by atoms with E-state index in [0.717, 1.165) is 24.2 Å². The fourth-order valence-electron chi connectivity index (χ4n) is 4.03. The third kappa shape index (κ3) is 3.88. The monoisotopic (exact) mass is 358 g/mol. The van der Waals surface area contributed by atoms with E-state index in [1.807, 2.05) is 31.2 Å². The fourth-order valence-corrected chi connectivity index (χ4v) is 4.03. The summed E-state index contributed by atoms with van der Waals surface area (Å²) < 4.78 is 0. The number of benzene rings is 3. The first-order valence-electron chi connectivity index (χ1n) is 9.79. The molecule has 3 heteroatoms. The van der Waals surface area contributed by atoms with E-state index < -0.39 is 0 Å². The molecule has 0 aliphatic carbocycles. The molecular formula is C24H26N2O. The molecule has 1 amide bonds. The molecule has 0 spiro atoms. The maximum Gasteiger partial charge on any atom is 0.251 e. The van der Waals surface area contributed by atoms with Gasteiger partial charge in [-0.2, -0.15) is 0 Å². The number of nitrogens with zero attached hydrogens (tertiary/aromatic N) is 1. The Morgan fingerprint density at radius 2 is 1.67 bits per heavy atom. The van der Waals surface area contributed by atoms with Crippen LogP contribution in [0.1, 0.15) is 40.4 Å². The molecule has 3 nitrogen and oxygen atoms in total. The van der Waals surface area contributed by atoms with Crippen molar-refractivity contribution in [2.45, 2.75) is 25.8 Å². The van der Waals surface area contributed by atoms with E-state index in [0.29, 0.717) is 6.54 Å². The lowest BCUT2D eigenvalue weighted by molar-refractivity contribution is 0.0938. The van der Waals surface area contributed by atoms with Crippen LogP contribution in [-0.4, -0.2) is 30.4 Å². The van der Waals surface area contributed by atoms with Crippen molar-refractivity contribution in [2.24, 2.45) is 0 Å². The molecular weight excluding hydrogens is 332 g/mol. The van der Waals surface area contributed by atoms with Crippen LogP contribution >= 0.6 is 0 Å². The van der Waals surface area contributed by atoms with Crippen molar-refractivity contribution in [3.63, 3.8) is 0 Å². The van der Waals surface area contributed by atoms with E-state index in [1.54, 1.807) is 0 Å². The average Bonchev–Trinajstić information content (AvgIpc) is 3.23. The minimum atomic E-state index is -0.000524. The summed E-state index contributed by atoms with van der Waals surface area (Å²) in [5, 5.41) is 5.71. The first-order chi connectivity index (χ1) is 13.2. The highest BCUT2D eigenvalue weighted by molar-refractivity contribution is 5.94. The van der Waals surface area contributed by atoms with Crippen LogP contribution in [-0.2, 0) is 0 Å². The molecule has 0 radical (unpaired) electrons. The highest BCUT2D eigenvalue weighted by Gasteiger charge is 2.25. The Balaban J connectivity index is 1.59. The summed E-state index contributed by atoms with van der Waals surface area (Å²) in [5.41, 5.74) is 3.19. The number of likely N-dealkylation sites (tertiary alicyclic amines) is 1. The maximum atomic E-state index is 12.6. The van der Waals surface area contributed by atoms with Gasteiger partial charge in [-0.1, -0.05) is 60.2 Å². The summed E-state index contributed by atoms with van der Waals surface area (Å²) >= 11 is 0. The standard InChI is InChI=1S/C24H26N2O/c1-18-11-13-20(14-12-18)24(27)25-17-23(26-15-4-5-16-26)22-10-6-8-19-7-2-3-9-21(19)22/h2-3,6-14,23H,4-5,15-17H2,1H3,(H,25,27)/t23-/m0/s1. The number of carbonyl (C=O) groups excluding carboxylic acids is 1. The van der Waals surface area contributed by atoms with Crippen molar-refractivity contribution in [1.82, 2.24) is 10.2 Å². The number of amides is 1. The second-order valence-corrected chi connectivity index (χ2v) is 7.40. The van der Waals surface area contributed by atoms with Gasteiger partial charge in [0.25, 0.3) is 5.91 Å². The van der Waals surface area contributed by atoms with Gasteiger partial charge in [0.1, 0.15) is 0 Å². The Hall–Kier alpha value is -2.65. The van der Waals surface area contributed by atoms with Gasteiger partial charge in [-0.05, 0) is 61.3 Å². The van der Waals surface area contributed by atoms with Gasteiger partial charge in [-0.15, -0.1) is 0 Å². The molecule has 1 fully saturated rings. The molecule has 1 aliphatic rings. The molecule has 3 aromatic rings. The molecule has 4 rings (SSSR count). The molecule has 3 aromatic carbocycles. The molecule has 1 aliphatic heterocycles. The first kappa shape index (κ1) is 17.7. The van der Waals surface area contributed by atoms with Crippen LogP contribution in [0.2, 0.25) is 0 Å². The summed E-state index contributed by atoms with van der Waals surface area (Å²) in [6.07, 6.45) is 2.46. The van der Waals surface area contributed by atoms with E-state index in [-0.39, 0.29) is 11.9 Å². The van der Waals surface area contributed by atoms with Gasteiger partial charge in [-0.3, -0.25) is 9.69 Å². The van der Waals surface area contributed by atoms with E-state index in [1.165, 1.54) is 29.2 Å². The van der Waals surface area contributed by atoms with Gasteiger partial charge in [0.05, 0.1) is 6.04 Å². The van der Waals surface area contributed by atoms with Crippen molar-refractivity contribution in [3.05, 3.63) is 83.4 Å². The minimum Gasteiger partial charge on any atom is -0.350 e. The Labute approximate surface area is 161 Å². The molecule has 1 atom stereocenters. The van der Waals surface area contributed by atoms with Crippen LogP contribution in [0.15, 0.2) is 66.7 Å². The molecule has 1 saturated heterocycles. The van der Waals surface area contributed by atoms with E-state index >= 15 is 0 Å². The van der Waals surface area contributed by atoms with Crippen molar-refractivity contribution in [3.8, 4) is 0 Å². The Kier molecular flexibility index (Phi) is 5.21. The number of fused-ring (bicyclic) bond motifs is 1. The second-order valence-electron chi connectivity index (χ2n) is 7.40. The average molecular weight is 358 g/mol. The van der Waals surface area contributed by atoms with Crippen molar-refractivity contribution < 1.29 is 4.79 Å². The topological polar surface area (TPSA) is 32.3 Å². The lowest BCUT2D eigenvalue weighted by Gasteiger charge is -2.29. The van der Waals surface area contributed by atoms with E-state index in [2.05, 4.69) is 52.7 Å². The summed E-state index contributed by atoms with van der Waals surface area (Å²) in [7, 11) is 0. The number of nitrogens with one attached hydrogen (secondary N) is 1. The highest BCUT2D eigenvalue weighted by atomic mass is 16.1. The molecule has 138 valence electrons. The Bertz CT molecular complexity index is 921. The van der Waals surface area contributed by atoms with Crippen LogP contribution in [0.3, 0.4) is 0 Å². The van der Waals surface area contributed by atoms with Gasteiger partial charge in [-0.25, -0.2) is 0 Å².